The van der Waals surface area contributed by atoms with Crippen LogP contribution in [0.4, 0.5) is 13.2 Å². The van der Waals surface area contributed by atoms with Crippen LogP contribution in [-0.4, -0.2) is 65.8 Å². The van der Waals surface area contributed by atoms with E-state index in [2.05, 4.69) is 10.2 Å². The average molecular weight is 499 g/mol. The van der Waals surface area contributed by atoms with Crippen molar-refractivity contribution in [1.29, 1.82) is 0 Å². The summed E-state index contributed by atoms with van der Waals surface area (Å²) in [5, 5.41) is 7.05. The average Bonchev–Trinajstić information content (AvgIpc) is 3.44. The molecule has 0 radical (unpaired) electrons. The molecule has 2 fully saturated rings. The van der Waals surface area contributed by atoms with Gasteiger partial charge in [0.05, 0.1) is 18.5 Å². The fraction of sp³-hybridized carbons (Fsp3) is 0.652. The molecule has 0 bridgehead atoms. The van der Waals surface area contributed by atoms with E-state index in [1.165, 1.54) is 16.5 Å². The first-order chi connectivity index (χ1) is 15.9. The monoisotopic (exact) mass is 498 g/mol. The Hall–Kier alpha value is -2.14. The lowest BCUT2D eigenvalue weighted by Gasteiger charge is -2.40. The van der Waals surface area contributed by atoms with Gasteiger partial charge in [-0.3, -0.25) is 9.89 Å². The van der Waals surface area contributed by atoms with Crippen LogP contribution in [0.5, 0.6) is 0 Å². The van der Waals surface area contributed by atoms with E-state index >= 15 is 0 Å². The summed E-state index contributed by atoms with van der Waals surface area (Å²) in [4.78, 5) is 15.0. The lowest BCUT2D eigenvalue weighted by Crippen LogP contribution is -2.38. The maximum atomic E-state index is 13.7. The molecule has 5 rings (SSSR count). The zero-order chi connectivity index (χ0) is 24.5. The molecule has 0 spiro atoms. The summed E-state index contributed by atoms with van der Waals surface area (Å²) in [6, 6.07) is 0. The second-order valence-electron chi connectivity index (χ2n) is 10.4. The lowest BCUT2D eigenvalue weighted by atomic mass is 9.66. The molecule has 2 aliphatic carbocycles. The molecule has 1 amide bonds. The number of fused-ring (bicyclic) bond motifs is 2. The molecule has 34 heavy (non-hydrogen) atoms. The van der Waals surface area contributed by atoms with E-state index in [4.69, 9.17) is 0 Å². The second kappa shape index (κ2) is 7.94. The Bertz CT molecular complexity index is 1160. The van der Waals surface area contributed by atoms with E-state index < -0.39 is 27.2 Å². The van der Waals surface area contributed by atoms with Crippen LogP contribution in [0.25, 0.3) is 0 Å². The lowest BCUT2D eigenvalue weighted by molar-refractivity contribution is -0.111. The molecule has 4 aliphatic rings. The summed E-state index contributed by atoms with van der Waals surface area (Å²) in [5.74, 6) is 0.111. The highest BCUT2D eigenvalue weighted by Crippen LogP contribution is 2.56. The highest BCUT2D eigenvalue weighted by atomic mass is 32.2. The van der Waals surface area contributed by atoms with Crippen LogP contribution < -0.4 is 0 Å². The van der Waals surface area contributed by atoms with E-state index in [1.54, 1.807) is 11.8 Å². The third-order valence-electron chi connectivity index (χ3n) is 8.37. The van der Waals surface area contributed by atoms with Gasteiger partial charge in [-0.1, -0.05) is 25.2 Å². The van der Waals surface area contributed by atoms with Gasteiger partial charge >= 0.3 is 6.18 Å². The van der Waals surface area contributed by atoms with Crippen LogP contribution in [0, 0.1) is 23.2 Å². The number of allylic oxidation sites excluding steroid dienone is 4. The van der Waals surface area contributed by atoms with Gasteiger partial charge in [-0.25, -0.2) is 8.42 Å². The number of sulfonamides is 1. The van der Waals surface area contributed by atoms with Gasteiger partial charge in [0.1, 0.15) is 0 Å². The van der Waals surface area contributed by atoms with Gasteiger partial charge in [0, 0.05) is 36.2 Å². The fourth-order valence-corrected chi connectivity index (χ4v) is 7.26. The molecule has 11 heteroatoms. The summed E-state index contributed by atoms with van der Waals surface area (Å²) < 4.78 is 66.2. The molecule has 1 aromatic heterocycles. The topological polar surface area (TPSA) is 86.4 Å². The molecule has 3 heterocycles. The van der Waals surface area contributed by atoms with Crippen LogP contribution in [0.1, 0.15) is 47.9 Å². The van der Waals surface area contributed by atoms with Crippen molar-refractivity contribution in [2.45, 2.75) is 45.3 Å². The van der Waals surface area contributed by atoms with Gasteiger partial charge in [0.2, 0.25) is 10.0 Å². The third kappa shape index (κ3) is 3.90. The summed E-state index contributed by atoms with van der Waals surface area (Å²) in [7, 11) is -3.33. The minimum atomic E-state index is -4.34. The Labute approximate surface area is 197 Å². The quantitative estimate of drug-likeness (QED) is 0.693. The first-order valence-corrected chi connectivity index (χ1v) is 13.5. The molecule has 1 aromatic rings. The third-order valence-corrected chi connectivity index (χ3v) is 9.62. The molecule has 1 saturated carbocycles. The number of aromatic nitrogens is 2. The number of H-pyrrole nitrogens is 1. The van der Waals surface area contributed by atoms with Crippen molar-refractivity contribution in [1.82, 2.24) is 19.4 Å². The molecule has 2 aliphatic heterocycles. The maximum absolute atomic E-state index is 13.7. The summed E-state index contributed by atoms with van der Waals surface area (Å²) >= 11 is 0. The summed E-state index contributed by atoms with van der Waals surface area (Å²) in [6.07, 6.45) is 3.52. The molecule has 1 N–H and O–H groups in total. The molecule has 0 aromatic carbocycles. The Kier molecular flexibility index (Phi) is 5.51. The van der Waals surface area contributed by atoms with Crippen molar-refractivity contribution < 1.29 is 26.4 Å². The van der Waals surface area contributed by atoms with E-state index in [9.17, 15) is 26.4 Å². The summed E-state index contributed by atoms with van der Waals surface area (Å²) in [6.45, 7) is 3.26. The van der Waals surface area contributed by atoms with Crippen molar-refractivity contribution >= 4 is 15.9 Å². The first kappa shape index (κ1) is 23.6. The predicted molar refractivity (Wildman–Crippen MR) is 119 cm³/mol. The molecule has 4 atom stereocenters. The van der Waals surface area contributed by atoms with Gasteiger partial charge in [-0.2, -0.15) is 22.6 Å². The number of alkyl halides is 3. The summed E-state index contributed by atoms with van der Waals surface area (Å²) in [5.41, 5.74) is 0.377. The minimum Gasteiger partial charge on any atom is -0.337 e. The number of aromatic amines is 1. The Morgan fingerprint density at radius 2 is 1.91 bits per heavy atom. The molecular formula is C23H29F3N4O3S. The number of halogens is 3. The van der Waals surface area contributed by atoms with E-state index in [0.29, 0.717) is 56.7 Å². The van der Waals surface area contributed by atoms with Crippen LogP contribution in [0.3, 0.4) is 0 Å². The first-order valence-electron chi connectivity index (χ1n) is 11.6. The van der Waals surface area contributed by atoms with Gasteiger partial charge in [-0.15, -0.1) is 0 Å². The fourth-order valence-electron chi connectivity index (χ4n) is 6.47. The largest absolute Gasteiger partial charge is 0.413 e. The smallest absolute Gasteiger partial charge is 0.337 e. The molecule has 186 valence electrons. The molecule has 1 saturated heterocycles. The number of likely N-dealkylation sites (tertiary alicyclic amines) is 1. The van der Waals surface area contributed by atoms with Gasteiger partial charge in [0.15, 0.2) is 5.69 Å². The van der Waals surface area contributed by atoms with E-state index in [-0.39, 0.29) is 30.2 Å². The minimum absolute atomic E-state index is 0.0716. The zero-order valence-electron chi connectivity index (χ0n) is 19.2. The van der Waals surface area contributed by atoms with Crippen molar-refractivity contribution in [2.75, 3.05) is 25.9 Å². The highest BCUT2D eigenvalue weighted by molar-refractivity contribution is 7.88. The van der Waals surface area contributed by atoms with E-state index in [1.807, 2.05) is 6.08 Å². The normalized spacial score (nSPS) is 32.0. The van der Waals surface area contributed by atoms with E-state index in [0.717, 1.165) is 11.8 Å². The van der Waals surface area contributed by atoms with Crippen molar-refractivity contribution in [3.8, 4) is 0 Å². The van der Waals surface area contributed by atoms with Crippen molar-refractivity contribution in [3.63, 3.8) is 0 Å². The molecule has 1 unspecified atom stereocenters. The van der Waals surface area contributed by atoms with Gasteiger partial charge < -0.3 is 4.90 Å². The number of carbonyl (C=O) groups is 1. The molecule has 7 nitrogen and oxygen atoms in total. The van der Waals surface area contributed by atoms with Crippen LogP contribution >= 0.6 is 0 Å². The van der Waals surface area contributed by atoms with Crippen LogP contribution in [-0.2, 0) is 23.0 Å². The SMILES string of the molecule is CC1([C@@H]2C[C@@H]3CN(C(=O)c4n[nH]c5c4CCN(S(C)(=O)=O)C5)C[C@@H]3C2)CC=CC=C1C(F)(F)F. The number of nitrogens with zero attached hydrogens (tertiary/aromatic N) is 3. The standard InChI is InChI=1S/C23H29F3N4O3S/c1-22(7-4-3-5-19(22)23(24,25)26)16-9-14-11-29(12-15(14)10-16)21(31)20-17-6-8-30(34(2,32)33)13-18(17)27-28-20/h3-5,14-16H,6-13H2,1-2H3,(H,27,28)/t14-,15+,16-,22?. The van der Waals surface area contributed by atoms with Crippen LogP contribution in [0.15, 0.2) is 23.8 Å². The Balaban J connectivity index is 1.27. The number of amides is 1. The number of carbonyl (C=O) groups excluding carboxylic acids is 1. The van der Waals surface area contributed by atoms with Crippen molar-refractivity contribution in [3.05, 3.63) is 40.8 Å². The Morgan fingerprint density at radius 3 is 2.53 bits per heavy atom. The number of hydrogen-bond donors (Lipinski definition) is 1. The van der Waals surface area contributed by atoms with Gasteiger partial charge in [0.25, 0.3) is 5.91 Å². The molecular weight excluding hydrogens is 469 g/mol. The number of rotatable bonds is 3. The zero-order valence-corrected chi connectivity index (χ0v) is 20.0. The maximum Gasteiger partial charge on any atom is 0.413 e. The predicted octanol–water partition coefficient (Wildman–Crippen LogP) is 3.28. The Morgan fingerprint density at radius 1 is 1.24 bits per heavy atom. The number of hydrogen-bond acceptors (Lipinski definition) is 4. The van der Waals surface area contributed by atoms with Crippen molar-refractivity contribution in [2.24, 2.45) is 23.2 Å². The van der Waals surface area contributed by atoms with Crippen LogP contribution in [0.2, 0.25) is 0 Å². The highest BCUT2D eigenvalue weighted by Gasteiger charge is 2.54. The number of nitrogens with one attached hydrogen (secondary N) is 1. The second-order valence-corrected chi connectivity index (χ2v) is 12.4. The van der Waals surface area contributed by atoms with Gasteiger partial charge in [-0.05, 0) is 43.4 Å².